The van der Waals surface area contributed by atoms with Crippen molar-refractivity contribution >= 4 is 23.2 Å². The van der Waals surface area contributed by atoms with Crippen LogP contribution in [0.2, 0.25) is 0 Å². The number of hydrogen-bond acceptors (Lipinski definition) is 4. The second-order valence-corrected chi connectivity index (χ2v) is 7.49. The number of benzene rings is 3. The number of pyridine rings is 1. The fraction of sp³-hybridized carbons (Fsp3) is 0.0385. The normalized spacial score (nSPS) is 11.0. The summed E-state index contributed by atoms with van der Waals surface area (Å²) in [4.78, 5) is 28.8. The molecule has 0 unspecified atom stereocenters. The molecule has 0 aliphatic rings. The van der Waals surface area contributed by atoms with Crippen molar-refractivity contribution < 1.29 is 31.9 Å². The zero-order valence-corrected chi connectivity index (χ0v) is 18.3. The number of aromatic nitrogens is 1. The molecule has 1 aromatic heterocycles. The molecule has 2 N–H and O–H groups in total. The molecule has 2 amide bonds. The maximum Gasteiger partial charge on any atom is 0.418 e. The Balaban J connectivity index is 1.49. The molecule has 0 atom stereocenters. The van der Waals surface area contributed by atoms with Gasteiger partial charge in [-0.05, 0) is 78.9 Å². The number of nitrogens with zero attached hydrogens (tertiary/aromatic N) is 1. The van der Waals surface area contributed by atoms with Crippen molar-refractivity contribution in [2.75, 3.05) is 10.6 Å². The minimum Gasteiger partial charge on any atom is -0.456 e. The van der Waals surface area contributed by atoms with Gasteiger partial charge in [0, 0.05) is 23.0 Å². The first kappa shape index (κ1) is 24.4. The summed E-state index contributed by atoms with van der Waals surface area (Å²) in [6.07, 6.45) is -1.73. The van der Waals surface area contributed by atoms with E-state index < -0.39 is 35.1 Å². The molecule has 0 saturated heterocycles. The van der Waals surface area contributed by atoms with Gasteiger partial charge in [0.1, 0.15) is 17.3 Å². The van der Waals surface area contributed by atoms with E-state index in [0.717, 1.165) is 18.2 Å². The molecule has 0 aliphatic carbocycles. The van der Waals surface area contributed by atoms with Crippen LogP contribution in [0.3, 0.4) is 0 Å². The molecule has 0 radical (unpaired) electrons. The van der Waals surface area contributed by atoms with Gasteiger partial charge >= 0.3 is 6.18 Å². The monoisotopic (exact) mass is 495 g/mol. The summed E-state index contributed by atoms with van der Waals surface area (Å²) in [5.41, 5.74) is -1.60. The molecule has 4 aromatic rings. The molecule has 0 spiro atoms. The molecule has 0 fully saturated rings. The number of amides is 2. The molecular weight excluding hydrogens is 478 g/mol. The third kappa shape index (κ3) is 6.03. The first-order valence-corrected chi connectivity index (χ1v) is 10.5. The number of rotatable bonds is 6. The molecule has 0 aliphatic heterocycles. The Labute approximate surface area is 202 Å². The van der Waals surface area contributed by atoms with Crippen LogP contribution in [-0.4, -0.2) is 16.8 Å². The highest BCUT2D eigenvalue weighted by atomic mass is 19.4. The van der Waals surface area contributed by atoms with Crippen LogP contribution in [-0.2, 0) is 6.18 Å². The van der Waals surface area contributed by atoms with E-state index in [1.54, 1.807) is 18.3 Å². The quantitative estimate of drug-likeness (QED) is 0.298. The number of carbonyl (C=O) groups excluding carboxylic acids is 2. The van der Waals surface area contributed by atoms with E-state index in [-0.39, 0.29) is 16.8 Å². The SMILES string of the molecule is O=C(Nc1ccc(NC(=O)c2ccc(Oc3cccnc3)cc2)c(C(F)(F)F)c1)c1ccc(F)cc1. The highest BCUT2D eigenvalue weighted by Gasteiger charge is 2.34. The topological polar surface area (TPSA) is 80.3 Å². The molecule has 1 heterocycles. The van der Waals surface area contributed by atoms with Crippen molar-refractivity contribution in [1.29, 1.82) is 0 Å². The Morgan fingerprint density at radius 2 is 1.42 bits per heavy atom. The standard InChI is InChI=1S/C26H17F4N3O3/c27-18-7-3-16(4-8-18)24(34)32-19-9-12-23(22(14-19)26(28,29)30)33-25(35)17-5-10-20(11-6-17)36-21-2-1-13-31-15-21/h1-15H,(H,32,34)(H,33,35). The van der Waals surface area contributed by atoms with E-state index in [9.17, 15) is 27.2 Å². The second-order valence-electron chi connectivity index (χ2n) is 7.49. The molecule has 0 saturated carbocycles. The largest absolute Gasteiger partial charge is 0.456 e. The number of carbonyl (C=O) groups is 2. The lowest BCUT2D eigenvalue weighted by Crippen LogP contribution is -2.18. The van der Waals surface area contributed by atoms with Gasteiger partial charge in [0.25, 0.3) is 11.8 Å². The average molecular weight is 495 g/mol. The maximum atomic E-state index is 13.7. The Bertz CT molecular complexity index is 1370. The number of anilines is 2. The smallest absolute Gasteiger partial charge is 0.418 e. The summed E-state index contributed by atoms with van der Waals surface area (Å²) in [6, 6.07) is 16.7. The first-order chi connectivity index (χ1) is 17.2. The van der Waals surface area contributed by atoms with Gasteiger partial charge in [0.2, 0.25) is 0 Å². The van der Waals surface area contributed by atoms with Crippen molar-refractivity contribution in [3.8, 4) is 11.5 Å². The summed E-state index contributed by atoms with van der Waals surface area (Å²) >= 11 is 0. The summed E-state index contributed by atoms with van der Waals surface area (Å²) in [7, 11) is 0. The minimum absolute atomic E-state index is 0.0679. The highest BCUT2D eigenvalue weighted by Crippen LogP contribution is 2.37. The molecule has 0 bridgehead atoms. The van der Waals surface area contributed by atoms with Gasteiger partial charge in [-0.1, -0.05) is 0 Å². The number of hydrogen-bond donors (Lipinski definition) is 2. The predicted octanol–water partition coefficient (Wildman–Crippen LogP) is 6.54. The van der Waals surface area contributed by atoms with Gasteiger partial charge in [-0.25, -0.2) is 4.39 Å². The summed E-state index contributed by atoms with van der Waals surface area (Å²) in [5, 5.41) is 4.59. The Morgan fingerprint density at radius 3 is 2.03 bits per heavy atom. The van der Waals surface area contributed by atoms with E-state index in [2.05, 4.69) is 15.6 Å². The van der Waals surface area contributed by atoms with E-state index in [1.165, 1.54) is 48.7 Å². The van der Waals surface area contributed by atoms with Gasteiger partial charge in [-0.2, -0.15) is 13.2 Å². The van der Waals surface area contributed by atoms with Crippen LogP contribution >= 0.6 is 0 Å². The molecule has 10 heteroatoms. The highest BCUT2D eigenvalue weighted by molar-refractivity contribution is 6.06. The lowest BCUT2D eigenvalue weighted by atomic mass is 10.1. The van der Waals surface area contributed by atoms with Crippen molar-refractivity contribution in [3.05, 3.63) is 114 Å². The summed E-state index contributed by atoms with van der Waals surface area (Å²) in [6.45, 7) is 0. The van der Waals surface area contributed by atoms with Crippen LogP contribution in [0.1, 0.15) is 26.3 Å². The van der Waals surface area contributed by atoms with Crippen LogP contribution in [0, 0.1) is 5.82 Å². The fourth-order valence-electron chi connectivity index (χ4n) is 3.18. The van der Waals surface area contributed by atoms with E-state index in [1.807, 2.05) is 0 Å². The van der Waals surface area contributed by atoms with Gasteiger partial charge in [-0.3, -0.25) is 14.6 Å². The van der Waals surface area contributed by atoms with Gasteiger partial charge in [0.05, 0.1) is 17.4 Å². The van der Waals surface area contributed by atoms with Crippen LogP contribution in [0.5, 0.6) is 11.5 Å². The number of nitrogens with one attached hydrogen (secondary N) is 2. The van der Waals surface area contributed by atoms with Crippen LogP contribution in [0.25, 0.3) is 0 Å². The molecule has 6 nitrogen and oxygen atoms in total. The number of alkyl halides is 3. The van der Waals surface area contributed by atoms with Crippen LogP contribution in [0.15, 0.2) is 91.3 Å². The second kappa shape index (κ2) is 10.3. The van der Waals surface area contributed by atoms with E-state index >= 15 is 0 Å². The molecule has 3 aromatic carbocycles. The van der Waals surface area contributed by atoms with Gasteiger partial charge < -0.3 is 15.4 Å². The first-order valence-electron chi connectivity index (χ1n) is 10.5. The van der Waals surface area contributed by atoms with Gasteiger partial charge in [0.15, 0.2) is 0 Å². The number of ether oxygens (including phenoxy) is 1. The molecule has 4 rings (SSSR count). The van der Waals surface area contributed by atoms with Crippen LogP contribution in [0.4, 0.5) is 28.9 Å². The van der Waals surface area contributed by atoms with Crippen molar-refractivity contribution in [3.63, 3.8) is 0 Å². The lowest BCUT2D eigenvalue weighted by molar-refractivity contribution is -0.136. The Kier molecular flexibility index (Phi) is 6.95. The molecule has 182 valence electrons. The van der Waals surface area contributed by atoms with E-state index in [4.69, 9.17) is 4.74 Å². The van der Waals surface area contributed by atoms with Gasteiger partial charge in [-0.15, -0.1) is 0 Å². The summed E-state index contributed by atoms with van der Waals surface area (Å²) < 4.78 is 59.8. The third-order valence-corrected chi connectivity index (χ3v) is 4.92. The predicted molar refractivity (Wildman–Crippen MR) is 125 cm³/mol. The fourth-order valence-corrected chi connectivity index (χ4v) is 3.18. The van der Waals surface area contributed by atoms with Crippen LogP contribution < -0.4 is 15.4 Å². The summed E-state index contributed by atoms with van der Waals surface area (Å²) in [5.74, 6) is -1.14. The molecular formula is C26H17F4N3O3. The van der Waals surface area contributed by atoms with Crippen molar-refractivity contribution in [1.82, 2.24) is 4.98 Å². The number of halogens is 4. The van der Waals surface area contributed by atoms with E-state index in [0.29, 0.717) is 17.6 Å². The zero-order chi connectivity index (χ0) is 25.7. The van der Waals surface area contributed by atoms with Crippen molar-refractivity contribution in [2.45, 2.75) is 6.18 Å². The minimum atomic E-state index is -4.82. The lowest BCUT2D eigenvalue weighted by Gasteiger charge is -2.16. The Morgan fingerprint density at radius 1 is 0.778 bits per heavy atom. The van der Waals surface area contributed by atoms with Crippen molar-refractivity contribution in [2.24, 2.45) is 0 Å². The third-order valence-electron chi connectivity index (χ3n) is 4.92. The maximum absolute atomic E-state index is 13.7. The molecule has 36 heavy (non-hydrogen) atoms. The Hall–Kier alpha value is -4.73. The average Bonchev–Trinajstić information content (AvgIpc) is 2.86. The zero-order valence-electron chi connectivity index (χ0n) is 18.3.